The van der Waals surface area contributed by atoms with Gasteiger partial charge in [-0.2, -0.15) is 0 Å². The van der Waals surface area contributed by atoms with Gasteiger partial charge in [0.05, 0.1) is 17.4 Å². The number of halogens is 2. The molecule has 0 saturated carbocycles. The molecule has 5 nitrogen and oxygen atoms in total. The van der Waals surface area contributed by atoms with Gasteiger partial charge in [0.15, 0.2) is 6.10 Å². The molecule has 0 radical (unpaired) electrons. The Labute approximate surface area is 186 Å². The van der Waals surface area contributed by atoms with E-state index < -0.39 is 18.1 Å². The molecule has 150 valence electrons. The highest BCUT2D eigenvalue weighted by atomic mass is 79.9. The van der Waals surface area contributed by atoms with E-state index in [4.69, 9.17) is 16.4 Å². The zero-order valence-electron chi connectivity index (χ0n) is 15.6. The van der Waals surface area contributed by atoms with Crippen molar-refractivity contribution < 1.29 is 14.4 Å². The number of amides is 2. The number of hydrogen-bond donors (Lipinski definition) is 0. The number of carbonyl (C=O) groups excluding carboxylic acids is 2. The Bertz CT molecular complexity index is 1120. The largest absolute Gasteiger partial charge is 0.273 e. The molecule has 2 fully saturated rings. The molecule has 2 aliphatic heterocycles. The summed E-state index contributed by atoms with van der Waals surface area (Å²) in [5.74, 6) is -1.32. The van der Waals surface area contributed by atoms with Gasteiger partial charge in [0.25, 0.3) is 5.91 Å². The highest BCUT2D eigenvalue weighted by Crippen LogP contribution is 2.47. The molecule has 3 aromatic rings. The number of nitrogens with zero attached hydrogens (tertiary/aromatic N) is 2. The van der Waals surface area contributed by atoms with Crippen LogP contribution in [0.2, 0.25) is 5.02 Å². The third-order valence-corrected chi connectivity index (χ3v) is 6.15. The smallest absolute Gasteiger partial charge is 0.266 e. The number of imide groups is 1. The second-order valence-electron chi connectivity index (χ2n) is 7.20. The van der Waals surface area contributed by atoms with Gasteiger partial charge in [-0.25, -0.2) is 9.96 Å². The van der Waals surface area contributed by atoms with Crippen LogP contribution >= 0.6 is 27.5 Å². The van der Waals surface area contributed by atoms with Gasteiger partial charge in [0.2, 0.25) is 5.91 Å². The molecule has 2 aliphatic rings. The normalized spacial score (nSPS) is 23.2. The van der Waals surface area contributed by atoms with Crippen LogP contribution in [0.4, 0.5) is 11.4 Å². The van der Waals surface area contributed by atoms with Crippen LogP contribution in [-0.2, 0) is 14.4 Å². The fraction of sp³-hybridized carbons (Fsp3) is 0.130. The van der Waals surface area contributed by atoms with E-state index in [0.717, 1.165) is 15.7 Å². The van der Waals surface area contributed by atoms with E-state index in [1.165, 1.54) is 4.90 Å². The van der Waals surface area contributed by atoms with Crippen LogP contribution in [0.25, 0.3) is 0 Å². The molecule has 0 N–H and O–H groups in total. The molecule has 5 rings (SSSR count). The lowest BCUT2D eigenvalue weighted by Gasteiger charge is -2.28. The van der Waals surface area contributed by atoms with E-state index in [0.29, 0.717) is 10.7 Å². The maximum atomic E-state index is 13.5. The molecule has 30 heavy (non-hydrogen) atoms. The standard InChI is InChI=1S/C23H16BrClN2O3/c24-15-6-4-5-14(13-15)20-19-21(30-27(20)18-7-2-1-3-8-18)23(29)26(22(19)28)17-11-9-16(25)10-12-17/h1-13,19-21H. The molecule has 2 saturated heterocycles. The predicted molar refractivity (Wildman–Crippen MR) is 118 cm³/mol. The van der Waals surface area contributed by atoms with Gasteiger partial charge in [0, 0.05) is 9.50 Å². The Hall–Kier alpha value is -2.67. The van der Waals surface area contributed by atoms with Crippen LogP contribution in [-0.4, -0.2) is 17.9 Å². The summed E-state index contributed by atoms with van der Waals surface area (Å²) in [4.78, 5) is 34.0. The summed E-state index contributed by atoms with van der Waals surface area (Å²) in [6, 6.07) is 23.5. The monoisotopic (exact) mass is 482 g/mol. The molecular weight excluding hydrogens is 468 g/mol. The fourth-order valence-electron chi connectivity index (χ4n) is 4.09. The van der Waals surface area contributed by atoms with E-state index in [1.54, 1.807) is 29.3 Å². The van der Waals surface area contributed by atoms with Gasteiger partial charge >= 0.3 is 0 Å². The SMILES string of the molecule is O=C1C2ON(c3ccccc3)C(c3cccc(Br)c3)C2C(=O)N1c1ccc(Cl)cc1. The third-order valence-electron chi connectivity index (χ3n) is 5.40. The number of anilines is 2. The molecule has 0 aliphatic carbocycles. The van der Waals surface area contributed by atoms with Crippen molar-refractivity contribution in [3.05, 3.63) is 93.9 Å². The van der Waals surface area contributed by atoms with E-state index in [-0.39, 0.29) is 11.8 Å². The Balaban J connectivity index is 1.59. The zero-order chi connectivity index (χ0) is 20.8. The van der Waals surface area contributed by atoms with E-state index in [2.05, 4.69) is 15.9 Å². The highest BCUT2D eigenvalue weighted by molar-refractivity contribution is 9.10. The van der Waals surface area contributed by atoms with Crippen LogP contribution < -0.4 is 9.96 Å². The number of fused-ring (bicyclic) bond motifs is 1. The van der Waals surface area contributed by atoms with Crippen LogP contribution in [0.15, 0.2) is 83.3 Å². The average molecular weight is 484 g/mol. The summed E-state index contributed by atoms with van der Waals surface area (Å²) in [6.07, 6.45) is -0.891. The lowest BCUT2D eigenvalue weighted by atomic mass is 9.90. The topological polar surface area (TPSA) is 49.9 Å². The number of rotatable bonds is 3. The van der Waals surface area contributed by atoms with E-state index in [9.17, 15) is 9.59 Å². The van der Waals surface area contributed by atoms with Crippen LogP contribution in [0.3, 0.4) is 0 Å². The molecule has 3 atom stereocenters. The highest BCUT2D eigenvalue weighted by Gasteiger charge is 2.60. The van der Waals surface area contributed by atoms with Crippen molar-refractivity contribution in [3.63, 3.8) is 0 Å². The first-order chi connectivity index (χ1) is 14.5. The number of hydroxylamine groups is 1. The molecule has 7 heteroatoms. The first-order valence-electron chi connectivity index (χ1n) is 9.44. The number of para-hydroxylation sites is 1. The molecule has 3 unspecified atom stereocenters. The van der Waals surface area contributed by atoms with Gasteiger partial charge in [-0.3, -0.25) is 14.4 Å². The average Bonchev–Trinajstić information content (AvgIpc) is 3.26. The zero-order valence-corrected chi connectivity index (χ0v) is 18.0. The lowest BCUT2D eigenvalue weighted by molar-refractivity contribution is -0.126. The quantitative estimate of drug-likeness (QED) is 0.483. The molecule has 3 aromatic carbocycles. The number of benzene rings is 3. The number of hydrogen-bond acceptors (Lipinski definition) is 4. The minimum absolute atomic E-state index is 0.282. The van der Waals surface area contributed by atoms with Crippen molar-refractivity contribution in [3.8, 4) is 0 Å². The summed E-state index contributed by atoms with van der Waals surface area (Å²) in [6.45, 7) is 0. The van der Waals surface area contributed by atoms with Gasteiger partial charge in [-0.1, -0.05) is 57.9 Å². The van der Waals surface area contributed by atoms with Gasteiger partial charge in [-0.15, -0.1) is 0 Å². The summed E-state index contributed by atoms with van der Waals surface area (Å²) in [5.41, 5.74) is 2.17. The molecule has 2 amide bonds. The molecule has 0 spiro atoms. The van der Waals surface area contributed by atoms with Crippen LogP contribution in [0.5, 0.6) is 0 Å². The van der Waals surface area contributed by atoms with Crippen LogP contribution in [0, 0.1) is 5.92 Å². The maximum absolute atomic E-state index is 13.5. The van der Waals surface area contributed by atoms with Crippen molar-refractivity contribution in [2.45, 2.75) is 12.1 Å². The van der Waals surface area contributed by atoms with Crippen molar-refractivity contribution in [2.24, 2.45) is 5.92 Å². The van der Waals surface area contributed by atoms with Gasteiger partial charge in [-0.05, 0) is 54.1 Å². The van der Waals surface area contributed by atoms with E-state index >= 15 is 0 Å². The summed E-state index contributed by atoms with van der Waals surface area (Å²) >= 11 is 9.47. The number of carbonyl (C=O) groups is 2. The lowest BCUT2D eigenvalue weighted by Crippen LogP contribution is -2.37. The third kappa shape index (κ3) is 3.12. The minimum Gasteiger partial charge on any atom is -0.273 e. The molecular formula is C23H16BrClN2O3. The maximum Gasteiger partial charge on any atom is 0.266 e. The Morgan fingerprint density at radius 1 is 0.833 bits per heavy atom. The second kappa shape index (κ2) is 7.54. The van der Waals surface area contributed by atoms with Crippen LogP contribution in [0.1, 0.15) is 11.6 Å². The van der Waals surface area contributed by atoms with Crippen molar-refractivity contribution in [2.75, 3.05) is 9.96 Å². The predicted octanol–water partition coefficient (Wildman–Crippen LogP) is 5.15. The van der Waals surface area contributed by atoms with Crippen molar-refractivity contribution >= 4 is 50.7 Å². The first-order valence-corrected chi connectivity index (χ1v) is 10.6. The second-order valence-corrected chi connectivity index (χ2v) is 8.55. The summed E-state index contributed by atoms with van der Waals surface area (Å²) in [5, 5.41) is 2.23. The molecule has 0 bridgehead atoms. The Morgan fingerprint density at radius 3 is 2.27 bits per heavy atom. The van der Waals surface area contributed by atoms with E-state index in [1.807, 2.05) is 54.6 Å². The minimum atomic E-state index is -0.891. The van der Waals surface area contributed by atoms with Gasteiger partial charge in [0.1, 0.15) is 5.92 Å². The summed E-state index contributed by atoms with van der Waals surface area (Å²) in [7, 11) is 0. The Kier molecular flexibility index (Phi) is 4.85. The fourth-order valence-corrected chi connectivity index (χ4v) is 4.63. The van der Waals surface area contributed by atoms with Crippen molar-refractivity contribution in [1.29, 1.82) is 0 Å². The van der Waals surface area contributed by atoms with Gasteiger partial charge < -0.3 is 0 Å². The molecule has 0 aromatic heterocycles. The summed E-state index contributed by atoms with van der Waals surface area (Å²) < 4.78 is 0.891. The molecule has 2 heterocycles. The first kappa shape index (κ1) is 19.3. The Morgan fingerprint density at radius 2 is 1.57 bits per heavy atom. The van der Waals surface area contributed by atoms with Crippen molar-refractivity contribution in [1.82, 2.24) is 0 Å².